The molecule has 1 N–H and O–H groups in total. The minimum Gasteiger partial charge on any atom is -0.508 e. The molecule has 2 aromatic carbocycles. The number of carbonyl (C=O) groups is 1. The Morgan fingerprint density at radius 3 is 2.79 bits per heavy atom. The molecule has 0 unspecified atom stereocenters. The molecule has 0 saturated carbocycles. The molecule has 0 atom stereocenters. The first-order valence-electron chi connectivity index (χ1n) is 8.58. The predicted octanol–water partition coefficient (Wildman–Crippen LogP) is 4.47. The van der Waals surface area contributed by atoms with Crippen LogP contribution in [0, 0.1) is 6.92 Å². The van der Waals surface area contributed by atoms with E-state index in [1.807, 2.05) is 0 Å². The van der Waals surface area contributed by atoms with E-state index in [9.17, 15) is 14.7 Å². The molecule has 146 valence electrons. The number of aryl methyl sites for hydroxylation is 1. The Hall–Kier alpha value is -3.58. The summed E-state index contributed by atoms with van der Waals surface area (Å²) in [4.78, 5) is 24.6. The van der Waals surface area contributed by atoms with Crippen LogP contribution in [0.1, 0.15) is 21.7 Å². The van der Waals surface area contributed by atoms with Crippen molar-refractivity contribution < 1.29 is 23.6 Å². The first-order valence-corrected chi connectivity index (χ1v) is 8.96. The lowest BCUT2D eigenvalue weighted by atomic mass is 10.1. The molecule has 0 fully saturated rings. The summed E-state index contributed by atoms with van der Waals surface area (Å²) >= 11 is 6.21. The summed E-state index contributed by atoms with van der Waals surface area (Å²) in [7, 11) is 0. The van der Waals surface area contributed by atoms with Crippen LogP contribution in [0.4, 0.5) is 0 Å². The van der Waals surface area contributed by atoms with Crippen LogP contribution in [0.3, 0.4) is 0 Å². The number of esters is 1. The quantitative estimate of drug-likeness (QED) is 0.390. The van der Waals surface area contributed by atoms with Crippen LogP contribution < -0.4 is 5.63 Å². The van der Waals surface area contributed by atoms with E-state index in [2.05, 4.69) is 5.16 Å². The fourth-order valence-corrected chi connectivity index (χ4v) is 3.23. The molecule has 2 heterocycles. The van der Waals surface area contributed by atoms with Crippen molar-refractivity contribution in [2.75, 3.05) is 0 Å². The van der Waals surface area contributed by atoms with Crippen molar-refractivity contribution in [3.8, 4) is 17.0 Å². The number of phenols is 1. The van der Waals surface area contributed by atoms with Crippen molar-refractivity contribution in [2.45, 2.75) is 13.5 Å². The van der Waals surface area contributed by atoms with E-state index < -0.39 is 11.6 Å². The molecule has 0 aliphatic heterocycles. The lowest BCUT2D eigenvalue weighted by Gasteiger charge is -2.08. The zero-order valence-corrected chi connectivity index (χ0v) is 15.9. The average molecular weight is 412 g/mol. The van der Waals surface area contributed by atoms with E-state index in [0.717, 1.165) is 0 Å². The molecule has 0 amide bonds. The van der Waals surface area contributed by atoms with Crippen LogP contribution >= 0.6 is 11.6 Å². The van der Waals surface area contributed by atoms with Gasteiger partial charge in [-0.15, -0.1) is 0 Å². The van der Waals surface area contributed by atoms with Gasteiger partial charge in [-0.3, -0.25) is 0 Å². The summed E-state index contributed by atoms with van der Waals surface area (Å²) in [6.07, 6.45) is 0. The summed E-state index contributed by atoms with van der Waals surface area (Å²) in [6, 6.07) is 12.5. The number of aromatic hydroxyl groups is 1. The molecule has 0 radical (unpaired) electrons. The molecule has 0 spiro atoms. The van der Waals surface area contributed by atoms with Gasteiger partial charge in [-0.25, -0.2) is 9.59 Å². The van der Waals surface area contributed by atoms with Crippen LogP contribution in [0.5, 0.6) is 5.75 Å². The average Bonchev–Trinajstić information content (AvgIpc) is 3.07. The number of hydrogen-bond donors (Lipinski definition) is 1. The number of nitrogens with zero attached hydrogens (tertiary/aromatic N) is 1. The maximum Gasteiger partial charge on any atom is 0.344 e. The summed E-state index contributed by atoms with van der Waals surface area (Å²) in [5, 5.41) is 14.5. The molecule has 0 bridgehead atoms. The number of benzene rings is 2. The zero-order chi connectivity index (χ0) is 20.5. The van der Waals surface area contributed by atoms with Crippen LogP contribution in [-0.4, -0.2) is 16.2 Å². The number of halogens is 1. The number of carbonyl (C=O) groups excluding carboxylic acids is 1. The van der Waals surface area contributed by atoms with Crippen molar-refractivity contribution in [1.82, 2.24) is 5.16 Å². The molecule has 0 aliphatic carbocycles. The number of hydrogen-bond acceptors (Lipinski definition) is 7. The van der Waals surface area contributed by atoms with Crippen molar-refractivity contribution >= 4 is 28.5 Å². The van der Waals surface area contributed by atoms with Crippen LogP contribution in [-0.2, 0) is 11.3 Å². The summed E-state index contributed by atoms with van der Waals surface area (Å²) in [6.45, 7) is 1.41. The number of ether oxygens (including phenoxy) is 1. The fraction of sp³-hybridized carbons (Fsp3) is 0.0952. The third-order valence-corrected chi connectivity index (χ3v) is 4.70. The van der Waals surface area contributed by atoms with Crippen LogP contribution in [0.2, 0.25) is 5.02 Å². The minimum absolute atomic E-state index is 0.0423. The first-order chi connectivity index (χ1) is 13.9. The fourth-order valence-electron chi connectivity index (χ4n) is 3.00. The highest BCUT2D eigenvalue weighted by atomic mass is 35.5. The van der Waals surface area contributed by atoms with Gasteiger partial charge in [0.05, 0.1) is 5.02 Å². The van der Waals surface area contributed by atoms with Gasteiger partial charge in [0.25, 0.3) is 0 Å². The molecule has 0 aliphatic rings. The topological polar surface area (TPSA) is 103 Å². The second-order valence-corrected chi connectivity index (χ2v) is 6.70. The molecule has 8 heteroatoms. The third kappa shape index (κ3) is 3.60. The van der Waals surface area contributed by atoms with Crippen LogP contribution in [0.15, 0.2) is 62.3 Å². The largest absolute Gasteiger partial charge is 0.508 e. The maximum absolute atomic E-state index is 12.8. The van der Waals surface area contributed by atoms with E-state index in [-0.39, 0.29) is 35.0 Å². The second-order valence-electron chi connectivity index (χ2n) is 6.29. The molecule has 2 aromatic heterocycles. The van der Waals surface area contributed by atoms with E-state index in [4.69, 9.17) is 25.3 Å². The van der Waals surface area contributed by atoms with Crippen LogP contribution in [0.25, 0.3) is 22.2 Å². The lowest BCUT2D eigenvalue weighted by Crippen LogP contribution is -2.09. The molecular formula is C21H14ClNO6. The molecular weight excluding hydrogens is 398 g/mol. The third-order valence-electron chi connectivity index (χ3n) is 4.37. The minimum atomic E-state index is -0.668. The standard InChI is InChI=1S/C21H14ClNO6/c1-11-19(20(23-29-11)15-4-2-3-5-16(15)22)21(26)27-10-12-8-18(25)28-17-9-13(24)6-7-14(12)17/h2-9,24H,10H2,1H3. The van der Waals surface area contributed by atoms with Gasteiger partial charge in [0.2, 0.25) is 0 Å². The molecule has 0 saturated heterocycles. The monoisotopic (exact) mass is 411 g/mol. The Labute approximate surface area is 169 Å². The summed E-state index contributed by atoms with van der Waals surface area (Å²) in [5.41, 5.74) is 0.995. The van der Waals surface area contributed by atoms with Gasteiger partial charge in [0.15, 0.2) is 0 Å². The van der Waals surface area contributed by atoms with Crippen molar-refractivity contribution in [2.24, 2.45) is 0 Å². The van der Waals surface area contributed by atoms with Gasteiger partial charge < -0.3 is 18.8 Å². The SMILES string of the molecule is Cc1onc(-c2ccccc2Cl)c1C(=O)OCc1cc(=O)oc2cc(O)ccc12. The second kappa shape index (κ2) is 7.44. The van der Waals surface area contributed by atoms with Gasteiger partial charge in [-0.05, 0) is 25.1 Å². The Kier molecular flexibility index (Phi) is 4.82. The van der Waals surface area contributed by atoms with Gasteiger partial charge in [0, 0.05) is 28.6 Å². The summed E-state index contributed by atoms with van der Waals surface area (Å²) < 4.78 is 15.7. The van der Waals surface area contributed by atoms with E-state index in [1.54, 1.807) is 37.3 Å². The van der Waals surface area contributed by atoms with E-state index >= 15 is 0 Å². The Morgan fingerprint density at radius 1 is 1.21 bits per heavy atom. The van der Waals surface area contributed by atoms with Gasteiger partial charge in [0.1, 0.15) is 35.0 Å². The van der Waals surface area contributed by atoms with Gasteiger partial charge in [-0.1, -0.05) is 35.0 Å². The number of aromatic nitrogens is 1. The highest BCUT2D eigenvalue weighted by molar-refractivity contribution is 6.33. The highest BCUT2D eigenvalue weighted by Gasteiger charge is 2.24. The molecule has 4 aromatic rings. The molecule has 29 heavy (non-hydrogen) atoms. The van der Waals surface area contributed by atoms with E-state index in [0.29, 0.717) is 21.5 Å². The Bertz CT molecular complexity index is 1290. The number of rotatable bonds is 4. The smallest absolute Gasteiger partial charge is 0.344 e. The Balaban J connectivity index is 1.66. The normalized spacial score (nSPS) is 11.0. The van der Waals surface area contributed by atoms with Gasteiger partial charge >= 0.3 is 11.6 Å². The highest BCUT2D eigenvalue weighted by Crippen LogP contribution is 2.31. The van der Waals surface area contributed by atoms with Crippen molar-refractivity contribution in [1.29, 1.82) is 0 Å². The number of fused-ring (bicyclic) bond motifs is 1. The van der Waals surface area contributed by atoms with E-state index in [1.165, 1.54) is 18.2 Å². The summed E-state index contributed by atoms with van der Waals surface area (Å²) in [5.74, 6) is -0.426. The zero-order valence-electron chi connectivity index (χ0n) is 15.1. The van der Waals surface area contributed by atoms with Crippen molar-refractivity contribution in [3.05, 3.63) is 80.9 Å². The number of phenolic OH excluding ortho intramolecular Hbond substituents is 1. The first kappa shape index (κ1) is 18.8. The van der Waals surface area contributed by atoms with Crippen molar-refractivity contribution in [3.63, 3.8) is 0 Å². The molecule has 7 nitrogen and oxygen atoms in total. The maximum atomic E-state index is 12.8. The predicted molar refractivity (Wildman–Crippen MR) is 105 cm³/mol. The lowest BCUT2D eigenvalue weighted by molar-refractivity contribution is 0.0472. The molecule has 4 rings (SSSR count). The van der Waals surface area contributed by atoms with Gasteiger partial charge in [-0.2, -0.15) is 0 Å². The Morgan fingerprint density at radius 2 is 2.00 bits per heavy atom.